The van der Waals surface area contributed by atoms with Crippen LogP contribution in [0, 0.1) is 11.8 Å². The molecule has 0 bridgehead atoms. The molecule has 0 unspecified atom stereocenters. The molecular weight excluding hydrogens is 412 g/mol. The SMILES string of the molecule is O=C(O)[C@@]1(NS(=O)(=O)c2ccc(-c3ccc(Cl)cc3)cc2)C[C@H]1C1CCNCC1. The molecule has 1 aliphatic heterocycles. The number of hydrogen-bond donors (Lipinski definition) is 3. The number of rotatable bonds is 6. The van der Waals surface area contributed by atoms with E-state index in [1.165, 1.54) is 12.1 Å². The van der Waals surface area contributed by atoms with Gasteiger partial charge in [-0.1, -0.05) is 35.9 Å². The Balaban J connectivity index is 1.53. The first-order valence-corrected chi connectivity index (χ1v) is 11.5. The van der Waals surface area contributed by atoms with Gasteiger partial charge in [-0.15, -0.1) is 0 Å². The molecule has 3 N–H and O–H groups in total. The summed E-state index contributed by atoms with van der Waals surface area (Å²) < 4.78 is 28.3. The lowest BCUT2D eigenvalue weighted by Gasteiger charge is -2.25. The molecule has 0 spiro atoms. The third-order valence-electron chi connectivity index (χ3n) is 6.01. The highest BCUT2D eigenvalue weighted by Crippen LogP contribution is 2.52. The largest absolute Gasteiger partial charge is 0.480 e. The summed E-state index contributed by atoms with van der Waals surface area (Å²) in [5.74, 6) is -1.03. The van der Waals surface area contributed by atoms with Gasteiger partial charge in [0.05, 0.1) is 4.90 Å². The summed E-state index contributed by atoms with van der Waals surface area (Å²) in [6.07, 6.45) is 2.09. The standard InChI is InChI=1S/C21H23ClN2O4S/c22-17-5-1-14(2-6-17)15-3-7-18(8-4-15)29(27,28)24-21(20(25)26)13-19(21)16-9-11-23-12-10-16/h1-8,16,19,23-24H,9-13H2,(H,25,26)/t19-,21+/m0/s1. The number of benzene rings is 2. The van der Waals surface area contributed by atoms with E-state index in [1.807, 2.05) is 12.1 Å². The normalized spacial score (nSPS) is 24.9. The summed E-state index contributed by atoms with van der Waals surface area (Å²) in [6, 6.07) is 13.7. The lowest BCUT2D eigenvalue weighted by molar-refractivity contribution is -0.140. The number of halogens is 1. The Labute approximate surface area is 175 Å². The van der Waals surface area contributed by atoms with E-state index in [9.17, 15) is 18.3 Å². The fraction of sp³-hybridized carbons (Fsp3) is 0.381. The van der Waals surface area contributed by atoms with Gasteiger partial charge in [0.25, 0.3) is 0 Å². The van der Waals surface area contributed by atoms with Crippen molar-refractivity contribution < 1.29 is 18.3 Å². The van der Waals surface area contributed by atoms with Crippen LogP contribution in [0.5, 0.6) is 0 Å². The van der Waals surface area contributed by atoms with Gasteiger partial charge in [0.2, 0.25) is 10.0 Å². The van der Waals surface area contributed by atoms with Crippen molar-refractivity contribution in [3.05, 3.63) is 53.6 Å². The predicted molar refractivity (Wildman–Crippen MR) is 111 cm³/mol. The molecule has 2 aliphatic rings. The van der Waals surface area contributed by atoms with Crippen molar-refractivity contribution in [2.45, 2.75) is 29.7 Å². The van der Waals surface area contributed by atoms with Crippen LogP contribution in [0.2, 0.25) is 5.02 Å². The van der Waals surface area contributed by atoms with Gasteiger partial charge in [-0.05, 0) is 79.6 Å². The van der Waals surface area contributed by atoms with E-state index in [0.29, 0.717) is 11.4 Å². The molecule has 4 rings (SSSR count). The van der Waals surface area contributed by atoms with Crippen molar-refractivity contribution in [3.8, 4) is 11.1 Å². The average Bonchev–Trinajstić information content (AvgIpc) is 3.44. The second kappa shape index (κ2) is 7.72. The zero-order valence-corrected chi connectivity index (χ0v) is 17.3. The molecule has 1 aliphatic carbocycles. The second-order valence-electron chi connectivity index (χ2n) is 7.81. The minimum atomic E-state index is -3.95. The van der Waals surface area contributed by atoms with Crippen LogP contribution in [0.15, 0.2) is 53.4 Å². The van der Waals surface area contributed by atoms with Crippen molar-refractivity contribution in [2.24, 2.45) is 11.8 Å². The first-order chi connectivity index (χ1) is 13.8. The first-order valence-electron chi connectivity index (χ1n) is 9.66. The lowest BCUT2D eigenvalue weighted by atomic mass is 9.90. The summed E-state index contributed by atoms with van der Waals surface area (Å²) >= 11 is 5.91. The van der Waals surface area contributed by atoms with Gasteiger partial charge >= 0.3 is 5.97 Å². The average molecular weight is 435 g/mol. The Morgan fingerprint density at radius 2 is 1.59 bits per heavy atom. The van der Waals surface area contributed by atoms with Crippen LogP contribution < -0.4 is 10.0 Å². The number of carbonyl (C=O) groups is 1. The van der Waals surface area contributed by atoms with Crippen LogP contribution in [0.3, 0.4) is 0 Å². The quantitative estimate of drug-likeness (QED) is 0.649. The van der Waals surface area contributed by atoms with E-state index in [4.69, 9.17) is 11.6 Å². The van der Waals surface area contributed by atoms with Crippen LogP contribution in [0.1, 0.15) is 19.3 Å². The maximum atomic E-state index is 12.9. The molecule has 29 heavy (non-hydrogen) atoms. The van der Waals surface area contributed by atoms with Gasteiger partial charge in [-0.2, -0.15) is 4.72 Å². The molecule has 6 nitrogen and oxygen atoms in total. The van der Waals surface area contributed by atoms with Crippen molar-refractivity contribution in [3.63, 3.8) is 0 Å². The van der Waals surface area contributed by atoms with E-state index in [1.54, 1.807) is 24.3 Å². The highest BCUT2D eigenvalue weighted by molar-refractivity contribution is 7.89. The van der Waals surface area contributed by atoms with Crippen molar-refractivity contribution in [1.29, 1.82) is 0 Å². The Kier molecular flexibility index (Phi) is 5.42. The molecular formula is C21H23ClN2O4S. The molecule has 2 aromatic rings. The summed E-state index contributed by atoms with van der Waals surface area (Å²) in [6.45, 7) is 1.69. The maximum Gasteiger partial charge on any atom is 0.325 e. The molecule has 0 amide bonds. The molecule has 8 heteroatoms. The van der Waals surface area contributed by atoms with E-state index in [2.05, 4.69) is 10.0 Å². The highest BCUT2D eigenvalue weighted by atomic mass is 35.5. The van der Waals surface area contributed by atoms with Crippen LogP contribution >= 0.6 is 11.6 Å². The minimum Gasteiger partial charge on any atom is -0.480 e. The molecule has 1 saturated carbocycles. The van der Waals surface area contributed by atoms with Gasteiger partial charge in [-0.3, -0.25) is 4.79 Å². The van der Waals surface area contributed by atoms with Crippen LogP contribution in [-0.4, -0.2) is 38.1 Å². The van der Waals surface area contributed by atoms with E-state index >= 15 is 0 Å². The Hall–Kier alpha value is -1.93. The first kappa shape index (κ1) is 20.3. The third kappa shape index (κ3) is 4.05. The number of nitrogens with one attached hydrogen (secondary N) is 2. The zero-order valence-electron chi connectivity index (χ0n) is 15.8. The number of hydrogen-bond acceptors (Lipinski definition) is 4. The van der Waals surface area contributed by atoms with Crippen LogP contribution in [-0.2, 0) is 14.8 Å². The molecule has 1 saturated heterocycles. The van der Waals surface area contributed by atoms with E-state index in [-0.39, 0.29) is 16.7 Å². The van der Waals surface area contributed by atoms with Gasteiger partial charge in [0.15, 0.2) is 0 Å². The zero-order chi connectivity index (χ0) is 20.6. The van der Waals surface area contributed by atoms with Crippen molar-refractivity contribution >= 4 is 27.6 Å². The third-order valence-corrected chi connectivity index (χ3v) is 7.79. The predicted octanol–water partition coefficient (Wildman–Crippen LogP) is 3.13. The Morgan fingerprint density at radius 1 is 1.03 bits per heavy atom. The minimum absolute atomic E-state index is 0.0619. The summed E-state index contributed by atoms with van der Waals surface area (Å²) in [4.78, 5) is 12.0. The molecule has 154 valence electrons. The number of piperidine rings is 1. The molecule has 0 aromatic heterocycles. The summed E-state index contributed by atoms with van der Waals surface area (Å²) in [5.41, 5.74) is 0.379. The van der Waals surface area contributed by atoms with Crippen LogP contribution in [0.4, 0.5) is 0 Å². The lowest BCUT2D eigenvalue weighted by Crippen LogP contribution is -2.46. The summed E-state index contributed by atoms with van der Waals surface area (Å²) in [5, 5.41) is 13.7. The van der Waals surface area contributed by atoms with Gasteiger partial charge in [-0.25, -0.2) is 8.42 Å². The Morgan fingerprint density at radius 3 is 2.14 bits per heavy atom. The van der Waals surface area contributed by atoms with Gasteiger partial charge < -0.3 is 10.4 Å². The molecule has 0 radical (unpaired) electrons. The van der Waals surface area contributed by atoms with Crippen molar-refractivity contribution in [2.75, 3.05) is 13.1 Å². The number of carboxylic acids is 1. The highest BCUT2D eigenvalue weighted by Gasteiger charge is 2.64. The monoisotopic (exact) mass is 434 g/mol. The maximum absolute atomic E-state index is 12.9. The number of aliphatic carboxylic acids is 1. The van der Waals surface area contributed by atoms with Gasteiger partial charge in [0.1, 0.15) is 5.54 Å². The van der Waals surface area contributed by atoms with Gasteiger partial charge in [0, 0.05) is 5.02 Å². The van der Waals surface area contributed by atoms with Crippen LogP contribution in [0.25, 0.3) is 11.1 Å². The molecule has 2 atom stereocenters. The van der Waals surface area contributed by atoms with Crippen molar-refractivity contribution in [1.82, 2.24) is 10.0 Å². The second-order valence-corrected chi connectivity index (χ2v) is 9.93. The van der Waals surface area contributed by atoms with E-state index in [0.717, 1.165) is 37.1 Å². The fourth-order valence-corrected chi connectivity index (χ4v) is 5.82. The smallest absolute Gasteiger partial charge is 0.325 e. The fourth-order valence-electron chi connectivity index (χ4n) is 4.28. The summed E-state index contributed by atoms with van der Waals surface area (Å²) in [7, 11) is -3.95. The molecule has 2 aromatic carbocycles. The molecule has 1 heterocycles. The topological polar surface area (TPSA) is 95.5 Å². The van der Waals surface area contributed by atoms with E-state index < -0.39 is 21.5 Å². The number of sulfonamides is 1. The molecule has 2 fully saturated rings. The number of carboxylic acid groups (broad SMARTS) is 1. The Bertz CT molecular complexity index is 1000.